The lowest BCUT2D eigenvalue weighted by atomic mass is 10.0. The van der Waals surface area contributed by atoms with Gasteiger partial charge in [-0.05, 0) is 6.07 Å². The van der Waals surface area contributed by atoms with E-state index in [0.717, 1.165) is 18.3 Å². The fourth-order valence-electron chi connectivity index (χ4n) is 1.57. The second-order valence-corrected chi connectivity index (χ2v) is 3.45. The molecule has 0 bridgehead atoms. The van der Waals surface area contributed by atoms with Crippen LogP contribution >= 0.6 is 0 Å². The zero-order valence-corrected chi connectivity index (χ0v) is 8.82. The number of hydrogen-bond acceptors (Lipinski definition) is 2. The van der Waals surface area contributed by atoms with Gasteiger partial charge in [0.15, 0.2) is 17.5 Å². The Balaban J connectivity index is 2.75. The number of benzene rings is 1. The number of rotatable bonds is 2. The van der Waals surface area contributed by atoms with Crippen molar-refractivity contribution in [2.75, 3.05) is 0 Å². The van der Waals surface area contributed by atoms with Crippen LogP contribution in [0.2, 0.25) is 0 Å². The van der Waals surface area contributed by atoms with Crippen molar-refractivity contribution in [2.45, 2.75) is 0 Å². The van der Waals surface area contributed by atoms with Crippen molar-refractivity contribution in [1.82, 2.24) is 4.98 Å². The monoisotopic (exact) mass is 253 g/mol. The van der Waals surface area contributed by atoms with Crippen molar-refractivity contribution >= 4 is 5.97 Å². The van der Waals surface area contributed by atoms with Crippen molar-refractivity contribution in [3.05, 3.63) is 53.6 Å². The van der Waals surface area contributed by atoms with Crippen LogP contribution in [0.1, 0.15) is 10.4 Å². The molecule has 0 aliphatic carbocycles. The van der Waals surface area contributed by atoms with E-state index in [0.29, 0.717) is 6.20 Å². The summed E-state index contributed by atoms with van der Waals surface area (Å²) in [7, 11) is 0. The van der Waals surface area contributed by atoms with Crippen LogP contribution in [0.25, 0.3) is 11.1 Å². The smallest absolute Gasteiger partial charge is 0.339 e. The Morgan fingerprint density at radius 3 is 2.44 bits per heavy atom. The Labute approximate surface area is 99.5 Å². The van der Waals surface area contributed by atoms with Gasteiger partial charge in [0.25, 0.3) is 0 Å². The maximum atomic E-state index is 13.5. The molecule has 0 aliphatic rings. The molecule has 2 rings (SSSR count). The number of carboxylic acids is 1. The summed E-state index contributed by atoms with van der Waals surface area (Å²) in [6.07, 6.45) is 1.68. The Bertz CT molecular complexity index is 629. The van der Waals surface area contributed by atoms with Crippen molar-refractivity contribution in [2.24, 2.45) is 0 Å². The third-order valence-corrected chi connectivity index (χ3v) is 2.36. The van der Waals surface area contributed by atoms with Crippen LogP contribution in [-0.4, -0.2) is 16.1 Å². The number of carbonyl (C=O) groups is 1. The predicted octanol–water partition coefficient (Wildman–Crippen LogP) is 2.86. The van der Waals surface area contributed by atoms with Gasteiger partial charge in [0, 0.05) is 17.3 Å². The number of pyridine rings is 1. The van der Waals surface area contributed by atoms with E-state index in [1.807, 2.05) is 0 Å². The maximum Gasteiger partial charge on any atom is 0.339 e. The van der Waals surface area contributed by atoms with Crippen LogP contribution in [-0.2, 0) is 0 Å². The molecule has 0 saturated heterocycles. The van der Waals surface area contributed by atoms with Crippen molar-refractivity contribution < 1.29 is 23.1 Å². The Kier molecular flexibility index (Phi) is 3.01. The molecule has 2 aromatic rings. The number of aromatic nitrogens is 1. The molecule has 0 saturated carbocycles. The quantitative estimate of drug-likeness (QED) is 0.895. The van der Waals surface area contributed by atoms with Crippen LogP contribution in [0.15, 0.2) is 30.6 Å². The fraction of sp³-hybridized carbons (Fsp3) is 0. The molecule has 0 aliphatic heterocycles. The molecule has 1 aromatic carbocycles. The number of hydrogen-bond donors (Lipinski definition) is 1. The van der Waals surface area contributed by atoms with Gasteiger partial charge in [-0.25, -0.2) is 18.0 Å². The molecule has 3 nitrogen and oxygen atoms in total. The minimum atomic E-state index is -1.58. The van der Waals surface area contributed by atoms with Crippen LogP contribution in [0.3, 0.4) is 0 Å². The molecule has 0 amide bonds. The molecule has 0 atom stereocenters. The number of aromatic carboxylic acids is 1. The second-order valence-electron chi connectivity index (χ2n) is 3.45. The first kappa shape index (κ1) is 12.1. The molecular formula is C12H6F3NO2. The van der Waals surface area contributed by atoms with Gasteiger partial charge in [0.05, 0.1) is 6.20 Å². The molecule has 0 radical (unpaired) electrons. The number of halogens is 3. The Morgan fingerprint density at radius 2 is 1.78 bits per heavy atom. The highest BCUT2D eigenvalue weighted by Gasteiger charge is 2.20. The van der Waals surface area contributed by atoms with Crippen molar-refractivity contribution in [3.63, 3.8) is 0 Å². The van der Waals surface area contributed by atoms with E-state index >= 15 is 0 Å². The van der Waals surface area contributed by atoms with Crippen molar-refractivity contribution in [3.8, 4) is 11.1 Å². The molecule has 1 heterocycles. The topological polar surface area (TPSA) is 50.2 Å². The maximum absolute atomic E-state index is 13.5. The lowest BCUT2D eigenvalue weighted by Gasteiger charge is -2.07. The van der Waals surface area contributed by atoms with E-state index in [1.165, 1.54) is 6.07 Å². The van der Waals surface area contributed by atoms with Crippen LogP contribution in [0.4, 0.5) is 13.2 Å². The van der Waals surface area contributed by atoms with E-state index in [9.17, 15) is 18.0 Å². The van der Waals surface area contributed by atoms with Gasteiger partial charge in [-0.1, -0.05) is 12.1 Å². The summed E-state index contributed by atoms with van der Waals surface area (Å²) in [5, 5.41) is 8.88. The lowest BCUT2D eigenvalue weighted by molar-refractivity contribution is 0.0692. The molecule has 0 fully saturated rings. The summed E-state index contributed by atoms with van der Waals surface area (Å²) in [6.45, 7) is 0. The Morgan fingerprint density at radius 1 is 1.06 bits per heavy atom. The highest BCUT2D eigenvalue weighted by atomic mass is 19.2. The molecule has 18 heavy (non-hydrogen) atoms. The standard InChI is InChI=1S/C12H6F3NO2/c13-8-3-1-2-6(11(8)15)7-4-16-5-9(14)10(7)12(17)18/h1-5H,(H,17,18). The van der Waals surface area contributed by atoms with E-state index in [2.05, 4.69) is 4.98 Å². The average Bonchev–Trinajstić information content (AvgIpc) is 2.32. The van der Waals surface area contributed by atoms with Gasteiger partial charge in [-0.15, -0.1) is 0 Å². The highest BCUT2D eigenvalue weighted by Crippen LogP contribution is 2.28. The first-order valence-electron chi connectivity index (χ1n) is 4.83. The Hall–Kier alpha value is -2.37. The molecule has 1 aromatic heterocycles. The van der Waals surface area contributed by atoms with E-state index in [-0.39, 0.29) is 11.1 Å². The van der Waals surface area contributed by atoms with Crippen molar-refractivity contribution in [1.29, 1.82) is 0 Å². The largest absolute Gasteiger partial charge is 0.478 e. The first-order chi connectivity index (χ1) is 8.52. The van der Waals surface area contributed by atoms with Crippen LogP contribution in [0.5, 0.6) is 0 Å². The zero-order valence-electron chi connectivity index (χ0n) is 8.82. The first-order valence-corrected chi connectivity index (χ1v) is 4.83. The average molecular weight is 253 g/mol. The van der Waals surface area contributed by atoms with Crippen LogP contribution < -0.4 is 0 Å². The summed E-state index contributed by atoms with van der Waals surface area (Å²) in [5.74, 6) is -5.07. The highest BCUT2D eigenvalue weighted by molar-refractivity contribution is 5.96. The molecular weight excluding hydrogens is 247 g/mol. The van der Waals surface area contributed by atoms with E-state index in [4.69, 9.17) is 5.11 Å². The molecule has 0 unspecified atom stereocenters. The van der Waals surface area contributed by atoms with Gasteiger partial charge in [-0.2, -0.15) is 0 Å². The molecule has 6 heteroatoms. The zero-order chi connectivity index (χ0) is 13.3. The minimum absolute atomic E-state index is 0.306. The van der Waals surface area contributed by atoms with E-state index in [1.54, 1.807) is 0 Å². The molecule has 0 spiro atoms. The molecule has 92 valence electrons. The summed E-state index contributed by atoms with van der Waals surface area (Å²) in [6, 6.07) is 3.23. The van der Waals surface area contributed by atoms with E-state index < -0.39 is 29.0 Å². The van der Waals surface area contributed by atoms with Gasteiger partial charge in [-0.3, -0.25) is 4.98 Å². The van der Waals surface area contributed by atoms with Gasteiger partial charge in [0.2, 0.25) is 0 Å². The molecule has 1 N–H and O–H groups in total. The normalized spacial score (nSPS) is 10.4. The van der Waals surface area contributed by atoms with Crippen LogP contribution in [0, 0.1) is 17.5 Å². The van der Waals surface area contributed by atoms with Gasteiger partial charge < -0.3 is 5.11 Å². The minimum Gasteiger partial charge on any atom is -0.478 e. The number of carboxylic acid groups (broad SMARTS) is 1. The second kappa shape index (κ2) is 4.48. The summed E-state index contributed by atoms with van der Waals surface area (Å²) in [5.41, 5.74) is -1.39. The summed E-state index contributed by atoms with van der Waals surface area (Å²) >= 11 is 0. The third-order valence-electron chi connectivity index (χ3n) is 2.36. The predicted molar refractivity (Wildman–Crippen MR) is 56.5 cm³/mol. The summed E-state index contributed by atoms with van der Waals surface area (Å²) < 4.78 is 40.0. The van der Waals surface area contributed by atoms with Gasteiger partial charge >= 0.3 is 5.97 Å². The third kappa shape index (κ3) is 1.92. The summed E-state index contributed by atoms with van der Waals surface area (Å²) in [4.78, 5) is 14.4. The SMILES string of the molecule is O=C(O)c1c(F)cncc1-c1cccc(F)c1F. The lowest BCUT2D eigenvalue weighted by Crippen LogP contribution is -2.05. The number of nitrogens with zero attached hydrogens (tertiary/aromatic N) is 1. The van der Waals surface area contributed by atoms with Gasteiger partial charge in [0.1, 0.15) is 5.56 Å². The fourth-order valence-corrected chi connectivity index (χ4v) is 1.57.